The molecular formula is C36H36N8O2S2. The Morgan fingerprint density at radius 2 is 1.38 bits per heavy atom. The fraction of sp³-hybridized carbons (Fsp3) is 0.306. The molecule has 48 heavy (non-hydrogen) atoms. The van der Waals surface area contributed by atoms with Gasteiger partial charge in [0, 0.05) is 31.7 Å². The van der Waals surface area contributed by atoms with Crippen LogP contribution in [0.15, 0.2) is 85.5 Å². The lowest BCUT2D eigenvalue weighted by Crippen LogP contribution is -2.51. The van der Waals surface area contributed by atoms with Crippen LogP contribution in [0.5, 0.6) is 0 Å². The number of aromatic nitrogens is 4. The van der Waals surface area contributed by atoms with Crippen molar-refractivity contribution in [2.24, 2.45) is 0 Å². The Labute approximate surface area is 287 Å². The average molecular weight is 677 g/mol. The van der Waals surface area contributed by atoms with E-state index in [0.29, 0.717) is 12.8 Å². The van der Waals surface area contributed by atoms with Crippen molar-refractivity contribution in [3.8, 4) is 20.6 Å². The number of carbonyl (C=O) groups excluding carboxylic acids is 2. The smallest absolute Gasteiger partial charge is 0.227 e. The van der Waals surface area contributed by atoms with Crippen LogP contribution in [-0.4, -0.2) is 66.8 Å². The van der Waals surface area contributed by atoms with Gasteiger partial charge in [-0.3, -0.25) is 9.59 Å². The molecule has 0 bridgehead atoms. The summed E-state index contributed by atoms with van der Waals surface area (Å²) in [6, 6.07) is 19.9. The Morgan fingerprint density at radius 3 is 2.10 bits per heavy atom. The van der Waals surface area contributed by atoms with E-state index in [9.17, 15) is 9.59 Å². The molecule has 0 saturated carbocycles. The van der Waals surface area contributed by atoms with Gasteiger partial charge < -0.3 is 25.4 Å². The lowest BCUT2D eigenvalue weighted by atomic mass is 10.1. The van der Waals surface area contributed by atoms with Gasteiger partial charge >= 0.3 is 0 Å². The SMILES string of the molecule is O=C(Cc1ccccc1)N1CCC[C@H]1c1ncc(-c2cnc(-c3ncc(C4=CNC([C@@H]5CCCN5C(=O)Cc5ccccc5)N4)s3)s2)[nH]1. The number of H-pyrrole nitrogens is 1. The van der Waals surface area contributed by atoms with Crippen LogP contribution in [0.25, 0.3) is 26.3 Å². The van der Waals surface area contributed by atoms with Gasteiger partial charge in [-0.1, -0.05) is 60.7 Å². The Balaban J connectivity index is 0.900. The second kappa shape index (κ2) is 13.4. The number of aromatic amines is 1. The van der Waals surface area contributed by atoms with E-state index in [2.05, 4.69) is 15.6 Å². The summed E-state index contributed by atoms with van der Waals surface area (Å²) in [4.78, 5) is 49.9. The molecule has 10 nitrogen and oxygen atoms in total. The molecule has 3 aliphatic rings. The molecule has 2 fully saturated rings. The summed E-state index contributed by atoms with van der Waals surface area (Å²) in [6.45, 7) is 1.53. The fourth-order valence-corrected chi connectivity index (χ4v) is 8.75. The summed E-state index contributed by atoms with van der Waals surface area (Å²) in [5.41, 5.74) is 3.94. The number of imidazole rings is 1. The molecule has 0 spiro atoms. The summed E-state index contributed by atoms with van der Waals surface area (Å²) in [5, 5.41) is 8.79. The van der Waals surface area contributed by atoms with Crippen molar-refractivity contribution >= 4 is 40.2 Å². The largest absolute Gasteiger partial charge is 0.368 e. The molecule has 5 aromatic rings. The van der Waals surface area contributed by atoms with Crippen LogP contribution in [-0.2, 0) is 22.4 Å². The summed E-state index contributed by atoms with van der Waals surface area (Å²) in [6.07, 6.45) is 12.2. The molecule has 1 unspecified atom stereocenters. The van der Waals surface area contributed by atoms with Crippen molar-refractivity contribution < 1.29 is 9.59 Å². The Bertz CT molecular complexity index is 1930. The first-order chi connectivity index (χ1) is 23.6. The number of hydrogen-bond acceptors (Lipinski definition) is 9. The van der Waals surface area contributed by atoms with Crippen molar-refractivity contribution in [3.05, 3.63) is 107 Å². The first-order valence-electron chi connectivity index (χ1n) is 16.5. The predicted octanol–water partition coefficient (Wildman–Crippen LogP) is 5.61. The number of likely N-dealkylation sites (tertiary alicyclic amines) is 2. The van der Waals surface area contributed by atoms with Crippen LogP contribution in [0.3, 0.4) is 0 Å². The highest BCUT2D eigenvalue weighted by Gasteiger charge is 2.37. The molecule has 12 heteroatoms. The molecular weight excluding hydrogens is 641 g/mol. The average Bonchev–Trinajstić information content (AvgIpc) is 3.94. The van der Waals surface area contributed by atoms with E-state index in [-0.39, 0.29) is 30.1 Å². The Morgan fingerprint density at radius 1 is 0.750 bits per heavy atom. The topological polar surface area (TPSA) is 119 Å². The highest BCUT2D eigenvalue weighted by molar-refractivity contribution is 7.23. The lowest BCUT2D eigenvalue weighted by molar-refractivity contribution is -0.132. The lowest BCUT2D eigenvalue weighted by Gasteiger charge is -2.30. The molecule has 0 radical (unpaired) electrons. The van der Waals surface area contributed by atoms with Crippen molar-refractivity contribution in [3.63, 3.8) is 0 Å². The fourth-order valence-electron chi connectivity index (χ4n) is 6.94. The van der Waals surface area contributed by atoms with Crippen LogP contribution >= 0.6 is 22.7 Å². The maximum absolute atomic E-state index is 13.2. The third kappa shape index (κ3) is 6.25. The number of nitrogens with zero attached hydrogens (tertiary/aromatic N) is 5. The van der Waals surface area contributed by atoms with Gasteiger partial charge in [0.05, 0.1) is 52.3 Å². The molecule has 244 valence electrons. The zero-order valence-electron chi connectivity index (χ0n) is 26.3. The molecule has 3 atom stereocenters. The summed E-state index contributed by atoms with van der Waals surface area (Å²) in [7, 11) is 0. The van der Waals surface area contributed by atoms with Crippen molar-refractivity contribution in [2.45, 2.75) is 56.8 Å². The maximum atomic E-state index is 13.2. The molecule has 2 saturated heterocycles. The van der Waals surface area contributed by atoms with Gasteiger partial charge in [0.25, 0.3) is 0 Å². The van der Waals surface area contributed by atoms with E-state index in [4.69, 9.17) is 15.0 Å². The van der Waals surface area contributed by atoms with Gasteiger partial charge in [-0.15, -0.1) is 22.7 Å². The predicted molar refractivity (Wildman–Crippen MR) is 188 cm³/mol. The first kappa shape index (κ1) is 30.5. The van der Waals surface area contributed by atoms with Crippen LogP contribution in [0.2, 0.25) is 0 Å². The third-order valence-corrected chi connectivity index (χ3v) is 11.5. The minimum atomic E-state index is -0.0493. The van der Waals surface area contributed by atoms with Crippen molar-refractivity contribution in [1.82, 2.24) is 40.4 Å². The van der Waals surface area contributed by atoms with E-state index in [1.54, 1.807) is 22.7 Å². The maximum Gasteiger partial charge on any atom is 0.227 e. The van der Waals surface area contributed by atoms with Gasteiger partial charge in [-0.25, -0.2) is 15.0 Å². The zero-order valence-corrected chi connectivity index (χ0v) is 28.0. The standard InChI is InChI=1S/C36H36N8O2S2/c45-31(17-23-9-3-1-4-10-23)43-15-7-13-27(43)33-37-19-25(41-33)29-21-39-35(47-29)36-40-22-30(48-36)26-20-38-34(42-26)28-14-8-16-44(28)32(46)18-24-11-5-2-6-12-24/h1-6,9-12,19-22,27-28,33,37,41H,7-8,13-18H2,(H,38,42)/t27-,28-,33?/m0/s1. The van der Waals surface area contributed by atoms with Crippen LogP contribution in [0.1, 0.15) is 53.6 Å². The number of nitrogens with one attached hydrogen (secondary N) is 3. The molecule has 3 aromatic heterocycles. The number of amides is 2. The number of rotatable bonds is 9. The van der Waals surface area contributed by atoms with Crippen molar-refractivity contribution in [2.75, 3.05) is 13.1 Å². The second-order valence-corrected chi connectivity index (χ2v) is 14.5. The summed E-state index contributed by atoms with van der Waals surface area (Å²) < 4.78 is 0. The van der Waals surface area contributed by atoms with E-state index in [1.165, 1.54) is 0 Å². The summed E-state index contributed by atoms with van der Waals surface area (Å²) in [5.74, 6) is 1.12. The first-order valence-corrected chi connectivity index (χ1v) is 18.1. The van der Waals surface area contributed by atoms with Gasteiger partial charge in [-0.05, 0) is 36.8 Å². The van der Waals surface area contributed by atoms with Crippen molar-refractivity contribution in [1.29, 1.82) is 0 Å². The minimum Gasteiger partial charge on any atom is -0.368 e. The van der Waals surface area contributed by atoms with E-state index in [0.717, 1.165) is 86.9 Å². The van der Waals surface area contributed by atoms with Crippen LogP contribution in [0, 0.1) is 0 Å². The highest BCUT2D eigenvalue weighted by Crippen LogP contribution is 2.37. The number of hydrogen-bond donors (Lipinski definition) is 3. The van der Waals surface area contributed by atoms with Gasteiger partial charge in [0.15, 0.2) is 10.0 Å². The van der Waals surface area contributed by atoms with Gasteiger partial charge in [0.1, 0.15) is 12.0 Å². The van der Waals surface area contributed by atoms with Gasteiger partial charge in [0.2, 0.25) is 11.8 Å². The highest BCUT2D eigenvalue weighted by atomic mass is 32.1. The summed E-state index contributed by atoms with van der Waals surface area (Å²) >= 11 is 3.16. The molecule has 0 aliphatic carbocycles. The Kier molecular flexibility index (Phi) is 8.50. The minimum absolute atomic E-state index is 0.0433. The quantitative estimate of drug-likeness (QED) is 0.186. The zero-order chi connectivity index (χ0) is 32.5. The number of benzene rings is 2. The number of thiazole rings is 2. The molecule has 6 heterocycles. The molecule has 3 N–H and O–H groups in total. The van der Waals surface area contributed by atoms with Gasteiger partial charge in [-0.2, -0.15) is 0 Å². The molecule has 8 rings (SSSR count). The van der Waals surface area contributed by atoms with Crippen LogP contribution < -0.4 is 10.6 Å². The third-order valence-electron chi connectivity index (χ3n) is 9.33. The number of carbonyl (C=O) groups is 2. The van der Waals surface area contributed by atoms with Crippen LogP contribution in [0.4, 0.5) is 0 Å². The van der Waals surface area contributed by atoms with E-state index < -0.39 is 0 Å². The Hall–Kier alpha value is -4.81. The molecule has 2 amide bonds. The second-order valence-electron chi connectivity index (χ2n) is 12.5. The normalized spacial score (nSPS) is 20.5. The van der Waals surface area contributed by atoms with E-state index in [1.807, 2.05) is 95.3 Å². The monoisotopic (exact) mass is 676 g/mol. The molecule has 2 aromatic carbocycles. The molecule has 3 aliphatic heterocycles. The van der Waals surface area contributed by atoms with E-state index >= 15 is 0 Å².